The number of aromatic nitrogens is 2. The molecule has 0 bridgehead atoms. The summed E-state index contributed by atoms with van der Waals surface area (Å²) in [7, 11) is 1.90. The molecule has 0 spiro atoms. The normalized spacial score (nSPS) is 17.8. The number of nitrogens with zero attached hydrogens (tertiary/aromatic N) is 4. The zero-order valence-corrected chi connectivity index (χ0v) is 10.3. The topological polar surface area (TPSA) is 59.4 Å². The lowest BCUT2D eigenvalue weighted by molar-refractivity contribution is 0.455. The van der Waals surface area contributed by atoms with Crippen LogP contribution in [0.1, 0.15) is 5.69 Å². The van der Waals surface area contributed by atoms with E-state index in [0.29, 0.717) is 12.5 Å². The van der Waals surface area contributed by atoms with E-state index in [1.165, 1.54) is 0 Å². The lowest BCUT2D eigenvalue weighted by Gasteiger charge is -2.27. The van der Waals surface area contributed by atoms with Crippen molar-refractivity contribution in [3.63, 3.8) is 0 Å². The molecule has 0 unspecified atom stereocenters. The molecular weight excluding hydrogens is 222 g/mol. The van der Waals surface area contributed by atoms with Crippen molar-refractivity contribution in [3.8, 4) is 0 Å². The molecule has 0 radical (unpaired) electrons. The first kappa shape index (κ1) is 11.3. The third kappa shape index (κ3) is 2.91. The van der Waals surface area contributed by atoms with Crippen LogP contribution in [0.4, 0.5) is 0 Å². The number of nitrogens with two attached hydrogens (primary N) is 1. The van der Waals surface area contributed by atoms with Crippen molar-refractivity contribution in [3.05, 3.63) is 18.0 Å². The molecule has 1 aliphatic heterocycles. The van der Waals surface area contributed by atoms with Crippen LogP contribution in [0, 0.1) is 0 Å². The molecule has 2 rings (SSSR count). The molecule has 0 amide bonds. The maximum absolute atomic E-state index is 5.94. The maximum Gasteiger partial charge on any atom is 0.191 e. The van der Waals surface area contributed by atoms with Crippen molar-refractivity contribution >= 4 is 17.7 Å². The first-order valence-electron chi connectivity index (χ1n) is 5.37. The molecule has 1 aliphatic rings. The van der Waals surface area contributed by atoms with Crippen LogP contribution in [0.5, 0.6) is 0 Å². The van der Waals surface area contributed by atoms with Gasteiger partial charge in [0.25, 0.3) is 0 Å². The van der Waals surface area contributed by atoms with E-state index in [0.717, 1.165) is 30.3 Å². The van der Waals surface area contributed by atoms with Gasteiger partial charge >= 0.3 is 0 Å². The molecule has 0 aromatic carbocycles. The number of thioether (sulfide) groups is 1. The number of aryl methyl sites for hydroxylation is 1. The van der Waals surface area contributed by atoms with Gasteiger partial charge in [-0.1, -0.05) is 0 Å². The van der Waals surface area contributed by atoms with Gasteiger partial charge in [-0.05, 0) is 6.07 Å². The first-order valence-corrected chi connectivity index (χ1v) is 6.52. The average Bonchev–Trinajstić information content (AvgIpc) is 2.73. The van der Waals surface area contributed by atoms with E-state index in [2.05, 4.69) is 15.0 Å². The minimum Gasteiger partial charge on any atom is -0.370 e. The summed E-state index contributed by atoms with van der Waals surface area (Å²) in [4.78, 5) is 6.51. The van der Waals surface area contributed by atoms with E-state index >= 15 is 0 Å². The lowest BCUT2D eigenvalue weighted by Crippen LogP contribution is -2.42. The second-order valence-electron chi connectivity index (χ2n) is 3.75. The zero-order chi connectivity index (χ0) is 11.4. The molecule has 1 aromatic rings. The SMILES string of the molecule is Cn1ccc(CN=C(N)N2CCSCC2)n1. The minimum atomic E-state index is 0.566. The number of aliphatic imine (C=N–C) groups is 1. The number of hydrogen-bond donors (Lipinski definition) is 1. The van der Waals surface area contributed by atoms with Gasteiger partial charge in [0.15, 0.2) is 5.96 Å². The Labute approximate surface area is 99.7 Å². The predicted octanol–water partition coefficient (Wildman–Crippen LogP) is 0.284. The monoisotopic (exact) mass is 239 g/mol. The fourth-order valence-electron chi connectivity index (χ4n) is 1.60. The summed E-state index contributed by atoms with van der Waals surface area (Å²) in [6, 6.07) is 1.96. The van der Waals surface area contributed by atoms with Gasteiger partial charge in [-0.2, -0.15) is 16.9 Å². The fraction of sp³-hybridized carbons (Fsp3) is 0.600. The number of hydrogen-bond acceptors (Lipinski definition) is 3. The molecule has 1 saturated heterocycles. The highest BCUT2D eigenvalue weighted by molar-refractivity contribution is 7.99. The molecule has 0 saturated carbocycles. The second-order valence-corrected chi connectivity index (χ2v) is 4.98. The Kier molecular flexibility index (Phi) is 3.71. The molecule has 5 nitrogen and oxygen atoms in total. The van der Waals surface area contributed by atoms with E-state index in [1.807, 2.05) is 31.1 Å². The Morgan fingerprint density at radius 1 is 1.56 bits per heavy atom. The summed E-state index contributed by atoms with van der Waals surface area (Å²) in [5.41, 5.74) is 6.89. The minimum absolute atomic E-state index is 0.566. The highest BCUT2D eigenvalue weighted by Crippen LogP contribution is 2.08. The van der Waals surface area contributed by atoms with Crippen molar-refractivity contribution in [2.24, 2.45) is 17.8 Å². The smallest absolute Gasteiger partial charge is 0.191 e. The molecule has 2 heterocycles. The fourth-order valence-corrected chi connectivity index (χ4v) is 2.51. The van der Waals surface area contributed by atoms with Crippen LogP contribution >= 0.6 is 11.8 Å². The highest BCUT2D eigenvalue weighted by atomic mass is 32.2. The molecule has 2 N–H and O–H groups in total. The first-order chi connectivity index (χ1) is 7.75. The van der Waals surface area contributed by atoms with E-state index in [-0.39, 0.29) is 0 Å². The van der Waals surface area contributed by atoms with Crippen LogP contribution in [0.2, 0.25) is 0 Å². The third-order valence-corrected chi connectivity index (χ3v) is 3.45. The Morgan fingerprint density at radius 3 is 2.94 bits per heavy atom. The van der Waals surface area contributed by atoms with Crippen LogP contribution in [0.15, 0.2) is 17.3 Å². The largest absolute Gasteiger partial charge is 0.370 e. The van der Waals surface area contributed by atoms with Crippen molar-refractivity contribution in [1.29, 1.82) is 0 Å². The van der Waals surface area contributed by atoms with Crippen molar-refractivity contribution < 1.29 is 0 Å². The Hall–Kier alpha value is -1.17. The Bertz CT molecular complexity index is 367. The Balaban J connectivity index is 1.90. The Morgan fingerprint density at radius 2 is 2.31 bits per heavy atom. The summed E-state index contributed by atoms with van der Waals surface area (Å²) in [5, 5.41) is 4.26. The molecular formula is C10H17N5S. The van der Waals surface area contributed by atoms with E-state index in [1.54, 1.807) is 4.68 Å². The molecule has 0 aliphatic carbocycles. The van der Waals surface area contributed by atoms with Gasteiger partial charge in [0.1, 0.15) is 0 Å². The van der Waals surface area contributed by atoms with Crippen LogP contribution in [0.3, 0.4) is 0 Å². The van der Waals surface area contributed by atoms with E-state index in [4.69, 9.17) is 5.73 Å². The summed E-state index contributed by atoms with van der Waals surface area (Å²) in [5.74, 6) is 2.92. The van der Waals surface area contributed by atoms with Gasteiger partial charge in [-0.25, -0.2) is 4.99 Å². The quantitative estimate of drug-likeness (QED) is 0.595. The molecule has 0 atom stereocenters. The molecule has 6 heteroatoms. The van der Waals surface area contributed by atoms with Gasteiger partial charge in [-0.3, -0.25) is 4.68 Å². The summed E-state index contributed by atoms with van der Waals surface area (Å²) < 4.78 is 1.78. The second kappa shape index (κ2) is 5.25. The van der Waals surface area contributed by atoms with Gasteiger partial charge in [0.05, 0.1) is 12.2 Å². The maximum atomic E-state index is 5.94. The number of rotatable bonds is 2. The predicted molar refractivity (Wildman–Crippen MR) is 67.4 cm³/mol. The standard InChI is InChI=1S/C10H17N5S/c1-14-3-2-9(13-14)8-12-10(11)15-4-6-16-7-5-15/h2-3H,4-8H2,1H3,(H2,11,12). The summed E-state index contributed by atoms with van der Waals surface area (Å²) >= 11 is 1.97. The van der Waals surface area contributed by atoms with Crippen LogP contribution < -0.4 is 5.73 Å². The molecule has 88 valence electrons. The third-order valence-electron chi connectivity index (χ3n) is 2.51. The molecule has 16 heavy (non-hydrogen) atoms. The highest BCUT2D eigenvalue weighted by Gasteiger charge is 2.11. The van der Waals surface area contributed by atoms with Crippen LogP contribution in [-0.2, 0) is 13.6 Å². The van der Waals surface area contributed by atoms with E-state index in [9.17, 15) is 0 Å². The van der Waals surface area contributed by atoms with Crippen molar-refractivity contribution in [2.75, 3.05) is 24.6 Å². The average molecular weight is 239 g/mol. The molecule has 1 aromatic heterocycles. The van der Waals surface area contributed by atoms with Crippen LogP contribution in [0.25, 0.3) is 0 Å². The van der Waals surface area contributed by atoms with Gasteiger partial charge in [-0.15, -0.1) is 0 Å². The zero-order valence-electron chi connectivity index (χ0n) is 9.46. The van der Waals surface area contributed by atoms with Crippen molar-refractivity contribution in [1.82, 2.24) is 14.7 Å². The van der Waals surface area contributed by atoms with Gasteiger partial charge < -0.3 is 10.6 Å². The summed E-state index contributed by atoms with van der Waals surface area (Å²) in [6.07, 6.45) is 1.92. The van der Waals surface area contributed by atoms with Crippen molar-refractivity contribution in [2.45, 2.75) is 6.54 Å². The van der Waals surface area contributed by atoms with Gasteiger partial charge in [0, 0.05) is 37.8 Å². The summed E-state index contributed by atoms with van der Waals surface area (Å²) in [6.45, 7) is 2.57. The lowest BCUT2D eigenvalue weighted by atomic mass is 10.4. The molecule has 1 fully saturated rings. The van der Waals surface area contributed by atoms with E-state index < -0.39 is 0 Å². The number of guanidine groups is 1. The van der Waals surface area contributed by atoms with Crippen LogP contribution in [-0.4, -0.2) is 45.2 Å². The van der Waals surface area contributed by atoms with Gasteiger partial charge in [0.2, 0.25) is 0 Å².